The lowest BCUT2D eigenvalue weighted by Gasteiger charge is -2.29. The van der Waals surface area contributed by atoms with Gasteiger partial charge in [0.05, 0.1) is 0 Å². The monoisotopic (exact) mass is 256 g/mol. The topological polar surface area (TPSA) is 69.6 Å². The molecule has 0 aromatic heterocycles. The summed E-state index contributed by atoms with van der Waals surface area (Å²) < 4.78 is 0. The number of hydrogen-bond acceptors (Lipinski definition) is 3. The number of hydrogen-bond donors (Lipinski definition) is 2. The lowest BCUT2D eigenvalue weighted by Crippen LogP contribution is -2.43. The highest BCUT2D eigenvalue weighted by molar-refractivity contribution is 6.00. The van der Waals surface area contributed by atoms with E-state index in [0.29, 0.717) is 12.5 Å². The van der Waals surface area contributed by atoms with Crippen molar-refractivity contribution in [2.75, 3.05) is 26.7 Å². The third-order valence-corrected chi connectivity index (χ3v) is 3.78. The fraction of sp³-hybridized carbons (Fsp3) is 0.846. The van der Waals surface area contributed by atoms with E-state index in [0.717, 1.165) is 32.4 Å². The molecular formula is C13H24N2O3. The summed E-state index contributed by atoms with van der Waals surface area (Å²) in [5, 5.41) is 11.7. The van der Waals surface area contributed by atoms with Crippen molar-refractivity contribution < 1.29 is 14.7 Å². The van der Waals surface area contributed by atoms with Crippen LogP contribution in [0.1, 0.15) is 33.1 Å². The van der Waals surface area contributed by atoms with Gasteiger partial charge < -0.3 is 15.3 Å². The normalized spacial score (nSPS) is 18.6. The molecule has 1 heterocycles. The number of rotatable bonds is 5. The zero-order valence-electron chi connectivity index (χ0n) is 11.5. The fourth-order valence-electron chi connectivity index (χ4n) is 2.06. The zero-order valence-corrected chi connectivity index (χ0v) is 11.5. The van der Waals surface area contributed by atoms with E-state index < -0.39 is 17.3 Å². The van der Waals surface area contributed by atoms with Crippen LogP contribution < -0.4 is 5.32 Å². The van der Waals surface area contributed by atoms with Gasteiger partial charge in [-0.15, -0.1) is 0 Å². The molecule has 0 aromatic rings. The second-order valence-corrected chi connectivity index (χ2v) is 5.72. The molecule has 1 fully saturated rings. The number of nitrogens with zero attached hydrogens (tertiary/aromatic N) is 1. The van der Waals surface area contributed by atoms with Crippen LogP contribution in [0, 0.1) is 11.3 Å². The van der Waals surface area contributed by atoms with E-state index in [4.69, 9.17) is 5.11 Å². The van der Waals surface area contributed by atoms with E-state index in [1.54, 1.807) is 0 Å². The van der Waals surface area contributed by atoms with Gasteiger partial charge in [0.25, 0.3) is 0 Å². The first-order valence-corrected chi connectivity index (χ1v) is 6.54. The molecule has 0 spiro atoms. The highest BCUT2D eigenvalue weighted by Gasteiger charge is 2.35. The van der Waals surface area contributed by atoms with Crippen molar-refractivity contribution >= 4 is 11.9 Å². The van der Waals surface area contributed by atoms with Gasteiger partial charge in [0.2, 0.25) is 5.91 Å². The minimum absolute atomic E-state index is 0.400. The summed E-state index contributed by atoms with van der Waals surface area (Å²) in [5.41, 5.74) is -1.34. The van der Waals surface area contributed by atoms with Crippen LogP contribution in [0.5, 0.6) is 0 Å². The summed E-state index contributed by atoms with van der Waals surface area (Å²) in [6.45, 7) is 5.66. The first kappa shape index (κ1) is 15.0. The Labute approximate surface area is 109 Å². The van der Waals surface area contributed by atoms with Crippen LogP contribution in [-0.4, -0.2) is 48.6 Å². The number of carbonyl (C=O) groups is 2. The van der Waals surface area contributed by atoms with Crippen LogP contribution in [0.15, 0.2) is 0 Å². The highest BCUT2D eigenvalue weighted by atomic mass is 16.4. The molecule has 1 saturated heterocycles. The van der Waals surface area contributed by atoms with Crippen LogP contribution in [0.25, 0.3) is 0 Å². The van der Waals surface area contributed by atoms with Gasteiger partial charge in [0.15, 0.2) is 0 Å². The Kier molecular flexibility index (Phi) is 5.14. The molecule has 0 aliphatic carbocycles. The molecule has 5 heteroatoms. The third-order valence-electron chi connectivity index (χ3n) is 3.78. The van der Waals surface area contributed by atoms with Crippen molar-refractivity contribution in [1.82, 2.24) is 10.2 Å². The van der Waals surface area contributed by atoms with Crippen LogP contribution in [0.2, 0.25) is 0 Å². The molecule has 1 aliphatic heterocycles. The minimum Gasteiger partial charge on any atom is -0.480 e. The molecule has 0 radical (unpaired) electrons. The molecule has 104 valence electrons. The van der Waals surface area contributed by atoms with Crippen molar-refractivity contribution in [2.24, 2.45) is 11.3 Å². The Morgan fingerprint density at radius 3 is 2.39 bits per heavy atom. The van der Waals surface area contributed by atoms with Gasteiger partial charge in [-0.3, -0.25) is 9.59 Å². The lowest BCUT2D eigenvalue weighted by atomic mass is 9.91. The van der Waals surface area contributed by atoms with Crippen molar-refractivity contribution in [1.29, 1.82) is 0 Å². The first-order valence-electron chi connectivity index (χ1n) is 6.54. The van der Waals surface area contributed by atoms with E-state index in [2.05, 4.69) is 17.3 Å². The predicted molar refractivity (Wildman–Crippen MR) is 69.3 cm³/mol. The van der Waals surface area contributed by atoms with Crippen LogP contribution >= 0.6 is 0 Å². The van der Waals surface area contributed by atoms with E-state index in [9.17, 15) is 9.59 Å². The molecule has 0 aromatic carbocycles. The Bertz CT molecular complexity index is 307. The molecule has 0 saturated carbocycles. The molecule has 0 unspecified atom stereocenters. The van der Waals surface area contributed by atoms with Gasteiger partial charge in [0.1, 0.15) is 5.41 Å². The Hall–Kier alpha value is -1.10. The standard InChI is InChI=1S/C13H24N2O3/c1-13(2,12(17)18)11(16)14-7-4-10-5-8-15(3)9-6-10/h10H,4-9H2,1-3H3,(H,14,16)(H,17,18). The maximum absolute atomic E-state index is 11.7. The van der Waals surface area contributed by atoms with E-state index in [1.807, 2.05) is 0 Å². The van der Waals surface area contributed by atoms with Gasteiger partial charge in [-0.05, 0) is 59.2 Å². The van der Waals surface area contributed by atoms with E-state index in [-0.39, 0.29) is 0 Å². The highest BCUT2D eigenvalue weighted by Crippen LogP contribution is 2.19. The van der Waals surface area contributed by atoms with Gasteiger partial charge in [-0.2, -0.15) is 0 Å². The molecular weight excluding hydrogens is 232 g/mol. The summed E-state index contributed by atoms with van der Waals surface area (Å²) >= 11 is 0. The number of nitrogens with one attached hydrogen (secondary N) is 1. The second-order valence-electron chi connectivity index (χ2n) is 5.72. The minimum atomic E-state index is -1.34. The molecule has 18 heavy (non-hydrogen) atoms. The van der Waals surface area contributed by atoms with Crippen LogP contribution in [0.3, 0.4) is 0 Å². The average Bonchev–Trinajstić information content (AvgIpc) is 2.31. The zero-order chi connectivity index (χ0) is 13.8. The van der Waals surface area contributed by atoms with Crippen molar-refractivity contribution in [3.05, 3.63) is 0 Å². The van der Waals surface area contributed by atoms with Gasteiger partial charge in [-0.25, -0.2) is 0 Å². The second kappa shape index (κ2) is 6.18. The Balaban J connectivity index is 2.26. The summed E-state index contributed by atoms with van der Waals surface area (Å²) in [7, 11) is 2.12. The molecule has 1 aliphatic rings. The number of likely N-dealkylation sites (tertiary alicyclic amines) is 1. The fourth-order valence-corrected chi connectivity index (χ4v) is 2.06. The van der Waals surface area contributed by atoms with Crippen molar-refractivity contribution in [3.8, 4) is 0 Å². The van der Waals surface area contributed by atoms with Gasteiger partial charge in [-0.1, -0.05) is 0 Å². The molecule has 5 nitrogen and oxygen atoms in total. The lowest BCUT2D eigenvalue weighted by molar-refractivity contribution is -0.153. The number of piperidine rings is 1. The Morgan fingerprint density at radius 1 is 1.33 bits per heavy atom. The SMILES string of the molecule is CN1CCC(CCNC(=O)C(C)(C)C(=O)O)CC1. The predicted octanol–water partition coefficient (Wildman–Crippen LogP) is 0.945. The molecule has 0 bridgehead atoms. The number of carboxylic acids is 1. The van der Waals surface area contributed by atoms with E-state index in [1.165, 1.54) is 13.8 Å². The van der Waals surface area contributed by atoms with Crippen molar-refractivity contribution in [3.63, 3.8) is 0 Å². The quantitative estimate of drug-likeness (QED) is 0.718. The maximum Gasteiger partial charge on any atom is 0.318 e. The van der Waals surface area contributed by atoms with Crippen LogP contribution in [-0.2, 0) is 9.59 Å². The van der Waals surface area contributed by atoms with Gasteiger partial charge >= 0.3 is 5.97 Å². The largest absolute Gasteiger partial charge is 0.480 e. The molecule has 1 rings (SSSR count). The number of amides is 1. The Morgan fingerprint density at radius 2 is 1.89 bits per heavy atom. The molecule has 2 N–H and O–H groups in total. The van der Waals surface area contributed by atoms with Crippen LogP contribution in [0.4, 0.5) is 0 Å². The third kappa shape index (κ3) is 3.98. The summed E-state index contributed by atoms with van der Waals surface area (Å²) in [6.07, 6.45) is 3.26. The molecule has 0 atom stereocenters. The maximum atomic E-state index is 11.7. The summed E-state index contributed by atoms with van der Waals surface area (Å²) in [6, 6.07) is 0. The first-order chi connectivity index (χ1) is 8.34. The summed E-state index contributed by atoms with van der Waals surface area (Å²) in [5.74, 6) is -0.836. The average molecular weight is 256 g/mol. The summed E-state index contributed by atoms with van der Waals surface area (Å²) in [4.78, 5) is 24.9. The number of carbonyl (C=O) groups excluding carboxylic acids is 1. The molecule has 1 amide bonds. The van der Waals surface area contributed by atoms with E-state index >= 15 is 0 Å². The smallest absolute Gasteiger partial charge is 0.318 e. The van der Waals surface area contributed by atoms with Gasteiger partial charge in [0, 0.05) is 6.54 Å². The van der Waals surface area contributed by atoms with Crippen molar-refractivity contribution in [2.45, 2.75) is 33.1 Å². The number of aliphatic carboxylic acids is 1. The number of carboxylic acid groups (broad SMARTS) is 1.